The normalized spacial score (nSPS) is 18.9. The van der Waals surface area contributed by atoms with Gasteiger partial charge >= 0.3 is 0 Å². The third-order valence-corrected chi connectivity index (χ3v) is 7.74. The van der Waals surface area contributed by atoms with Crippen LogP contribution in [0.5, 0.6) is 0 Å². The molecule has 2 aliphatic rings. The Morgan fingerprint density at radius 1 is 1.00 bits per heavy atom. The Morgan fingerprint density at radius 2 is 1.62 bits per heavy atom. The number of rotatable bonds is 9. The van der Waals surface area contributed by atoms with E-state index in [1.807, 2.05) is 64.1 Å². The van der Waals surface area contributed by atoms with E-state index in [2.05, 4.69) is 15.3 Å². The van der Waals surface area contributed by atoms with E-state index in [4.69, 9.17) is 4.74 Å². The van der Waals surface area contributed by atoms with Crippen LogP contribution in [0, 0.1) is 5.92 Å². The molecule has 0 saturated carbocycles. The molecule has 2 atom stereocenters. The van der Waals surface area contributed by atoms with Gasteiger partial charge in [0.05, 0.1) is 11.2 Å². The van der Waals surface area contributed by atoms with Gasteiger partial charge in [0.2, 0.25) is 5.91 Å². The zero-order chi connectivity index (χ0) is 32.4. The Hall–Kier alpha value is -5.12. The van der Waals surface area contributed by atoms with Crippen molar-refractivity contribution >= 4 is 35.1 Å². The molecule has 3 heterocycles. The van der Waals surface area contributed by atoms with Crippen LogP contribution in [0.1, 0.15) is 56.1 Å². The van der Waals surface area contributed by atoms with E-state index in [-0.39, 0.29) is 30.5 Å². The van der Waals surface area contributed by atoms with Gasteiger partial charge in [-0.2, -0.15) is 0 Å². The predicted molar refractivity (Wildman–Crippen MR) is 169 cm³/mol. The molecule has 3 amide bonds. The van der Waals surface area contributed by atoms with Gasteiger partial charge in [-0.1, -0.05) is 74.5 Å². The summed E-state index contributed by atoms with van der Waals surface area (Å²) in [6.07, 6.45) is 4.54. The number of nitrogens with zero attached hydrogens (tertiary/aromatic N) is 4. The number of amides is 3. The SMILES string of the molecule is CC(=O)N[C@](Cc1ccccc1)(C(=O)C1=NC(C)(C)CO1)N1C(=O)[C@@H](C(C)C)N(C(=O)c2ccncc2)C=C1c1ccccc1. The molecule has 2 aromatic carbocycles. The lowest BCUT2D eigenvalue weighted by Gasteiger charge is -2.49. The summed E-state index contributed by atoms with van der Waals surface area (Å²) in [5, 5.41) is 2.88. The van der Waals surface area contributed by atoms with Crippen molar-refractivity contribution < 1.29 is 23.9 Å². The summed E-state index contributed by atoms with van der Waals surface area (Å²) in [4.78, 5) is 68.3. The Balaban J connectivity index is 1.81. The van der Waals surface area contributed by atoms with Crippen LogP contribution < -0.4 is 5.32 Å². The number of hydrogen-bond donors (Lipinski definition) is 1. The third-order valence-electron chi connectivity index (χ3n) is 7.74. The van der Waals surface area contributed by atoms with Gasteiger partial charge in [0.25, 0.3) is 23.5 Å². The molecule has 0 fully saturated rings. The zero-order valence-corrected chi connectivity index (χ0v) is 26.1. The minimum Gasteiger partial charge on any atom is -0.473 e. The van der Waals surface area contributed by atoms with Gasteiger partial charge < -0.3 is 15.0 Å². The first-order valence-corrected chi connectivity index (χ1v) is 14.9. The quantitative estimate of drug-likeness (QED) is 0.389. The highest BCUT2D eigenvalue weighted by Gasteiger charge is 2.56. The summed E-state index contributed by atoms with van der Waals surface area (Å²) in [5.74, 6) is -2.69. The van der Waals surface area contributed by atoms with Crippen molar-refractivity contribution in [3.8, 4) is 0 Å². The van der Waals surface area contributed by atoms with Crippen molar-refractivity contribution in [2.24, 2.45) is 10.9 Å². The highest BCUT2D eigenvalue weighted by Crippen LogP contribution is 2.38. The second kappa shape index (κ2) is 12.5. The first kappa shape index (κ1) is 31.3. The molecule has 1 aromatic heterocycles. The van der Waals surface area contributed by atoms with Crippen molar-refractivity contribution in [2.75, 3.05) is 6.61 Å². The molecule has 10 heteroatoms. The van der Waals surface area contributed by atoms with Crippen molar-refractivity contribution in [3.05, 3.63) is 108 Å². The molecule has 232 valence electrons. The number of ketones is 1. The number of carbonyl (C=O) groups excluding carboxylic acids is 4. The lowest BCUT2D eigenvalue weighted by Crippen LogP contribution is -2.72. The number of nitrogens with one attached hydrogen (secondary N) is 1. The minimum atomic E-state index is -2.00. The molecule has 0 radical (unpaired) electrons. The fraction of sp³-hybridized carbons (Fsp3) is 0.314. The molecule has 0 aliphatic carbocycles. The van der Waals surface area contributed by atoms with Crippen LogP contribution in [0.3, 0.4) is 0 Å². The van der Waals surface area contributed by atoms with Crippen LogP contribution >= 0.6 is 0 Å². The molecule has 2 aliphatic heterocycles. The summed E-state index contributed by atoms with van der Waals surface area (Å²) < 4.78 is 5.84. The molecule has 5 rings (SSSR count). The van der Waals surface area contributed by atoms with E-state index < -0.39 is 40.7 Å². The highest BCUT2D eigenvalue weighted by molar-refractivity contribution is 6.41. The standard InChI is InChI=1S/C35H37N5O5/c1-23(2)29-33(44)40(28(26-14-10-7-11-15-26)21-39(29)32(43)27-16-18-36-19-17-27)35(37-24(3)41,20-25-12-8-6-9-13-25)30(42)31-38-34(4,5)22-45-31/h6-19,21,23,29H,20,22H2,1-5H3,(H,37,41)/t29-,35+/m1/s1. The molecular formula is C35H37N5O5. The molecule has 0 saturated heterocycles. The van der Waals surface area contributed by atoms with E-state index in [1.54, 1.807) is 42.6 Å². The Labute approximate surface area is 262 Å². The summed E-state index contributed by atoms with van der Waals surface area (Å²) in [7, 11) is 0. The molecule has 1 N–H and O–H groups in total. The molecular weight excluding hydrogens is 570 g/mol. The average molecular weight is 608 g/mol. The van der Waals surface area contributed by atoms with Crippen molar-refractivity contribution in [3.63, 3.8) is 0 Å². The van der Waals surface area contributed by atoms with Gasteiger partial charge in [-0.25, -0.2) is 4.99 Å². The van der Waals surface area contributed by atoms with E-state index in [0.29, 0.717) is 16.7 Å². The molecule has 0 unspecified atom stereocenters. The maximum absolute atomic E-state index is 15.1. The number of aliphatic imine (C=N–C) groups is 1. The van der Waals surface area contributed by atoms with Crippen LogP contribution in [-0.4, -0.2) is 68.0 Å². The van der Waals surface area contributed by atoms with Gasteiger partial charge in [0.15, 0.2) is 5.66 Å². The highest BCUT2D eigenvalue weighted by atomic mass is 16.5. The Morgan fingerprint density at radius 3 is 2.18 bits per heavy atom. The number of ether oxygens (including phenoxy) is 1. The van der Waals surface area contributed by atoms with Gasteiger partial charge in [-0.15, -0.1) is 0 Å². The monoisotopic (exact) mass is 607 g/mol. The number of Topliss-reactive ketones (excluding diaryl/α,β-unsaturated/α-hetero) is 1. The zero-order valence-electron chi connectivity index (χ0n) is 26.1. The minimum absolute atomic E-state index is 0.0892. The lowest BCUT2D eigenvalue weighted by atomic mass is 9.87. The van der Waals surface area contributed by atoms with Gasteiger partial charge in [-0.3, -0.25) is 29.1 Å². The maximum Gasteiger partial charge on any atom is 0.263 e. The summed E-state index contributed by atoms with van der Waals surface area (Å²) in [5.41, 5.74) is -0.817. The largest absolute Gasteiger partial charge is 0.473 e. The molecule has 0 spiro atoms. The second-order valence-corrected chi connectivity index (χ2v) is 12.2. The maximum atomic E-state index is 15.1. The second-order valence-electron chi connectivity index (χ2n) is 12.2. The van der Waals surface area contributed by atoms with Crippen molar-refractivity contribution in [1.29, 1.82) is 0 Å². The lowest BCUT2D eigenvalue weighted by molar-refractivity contribution is -0.149. The van der Waals surface area contributed by atoms with Crippen LogP contribution in [0.4, 0.5) is 0 Å². The number of carbonyl (C=O) groups is 4. The number of pyridine rings is 1. The van der Waals surface area contributed by atoms with Gasteiger partial charge in [0.1, 0.15) is 12.6 Å². The van der Waals surface area contributed by atoms with E-state index in [9.17, 15) is 14.4 Å². The summed E-state index contributed by atoms with van der Waals surface area (Å²) >= 11 is 0. The van der Waals surface area contributed by atoms with Gasteiger partial charge in [-0.05, 0) is 43.0 Å². The number of aromatic nitrogens is 1. The van der Waals surface area contributed by atoms with Crippen LogP contribution in [0.15, 0.2) is 96.4 Å². The predicted octanol–water partition coefficient (Wildman–Crippen LogP) is 4.24. The molecule has 0 bridgehead atoms. The Bertz CT molecular complexity index is 1650. The fourth-order valence-corrected chi connectivity index (χ4v) is 5.76. The van der Waals surface area contributed by atoms with Crippen LogP contribution in [0.2, 0.25) is 0 Å². The summed E-state index contributed by atoms with van der Waals surface area (Å²) in [6, 6.07) is 20.3. The smallest absolute Gasteiger partial charge is 0.263 e. The number of benzene rings is 2. The van der Waals surface area contributed by atoms with Gasteiger partial charge in [0, 0.05) is 37.5 Å². The van der Waals surface area contributed by atoms with Crippen LogP contribution in [0.25, 0.3) is 5.70 Å². The van der Waals surface area contributed by atoms with E-state index in [0.717, 1.165) is 0 Å². The topological polar surface area (TPSA) is 121 Å². The summed E-state index contributed by atoms with van der Waals surface area (Å²) in [6.45, 7) is 8.80. The van der Waals surface area contributed by atoms with Crippen LogP contribution in [-0.2, 0) is 25.5 Å². The third kappa shape index (κ3) is 6.26. The van der Waals surface area contributed by atoms with E-state index >= 15 is 4.79 Å². The number of hydrogen-bond acceptors (Lipinski definition) is 7. The van der Waals surface area contributed by atoms with Crippen molar-refractivity contribution in [1.82, 2.24) is 20.1 Å². The Kier molecular flexibility index (Phi) is 8.68. The first-order chi connectivity index (χ1) is 21.4. The molecule has 10 nitrogen and oxygen atoms in total. The first-order valence-electron chi connectivity index (χ1n) is 14.9. The molecule has 45 heavy (non-hydrogen) atoms. The molecule has 3 aromatic rings. The van der Waals surface area contributed by atoms with Crippen molar-refractivity contribution in [2.45, 2.75) is 58.3 Å². The fourth-order valence-electron chi connectivity index (χ4n) is 5.76. The van der Waals surface area contributed by atoms with E-state index in [1.165, 1.54) is 29.1 Å². The average Bonchev–Trinajstić information content (AvgIpc) is 3.39.